The third kappa shape index (κ3) is 3.19. The molecule has 1 aliphatic carbocycles. The molecule has 0 N–H and O–H groups in total. The first-order chi connectivity index (χ1) is 12.2. The minimum Gasteiger partial charge on any atom is -0.374 e. The first kappa shape index (κ1) is 16.6. The summed E-state index contributed by atoms with van der Waals surface area (Å²) >= 11 is 0. The topological polar surface area (TPSA) is 54.3 Å². The molecule has 0 radical (unpaired) electrons. The molecule has 0 aromatic heterocycles. The molecule has 134 valence electrons. The number of Topliss-reactive ketones (excluding diaryl/α,β-unsaturated/α-hetero) is 1. The van der Waals surface area contributed by atoms with Crippen LogP contribution < -0.4 is 0 Å². The number of hydrogen-bond donors (Lipinski definition) is 0. The Morgan fingerprint density at radius 2 is 2.16 bits per heavy atom. The Hall–Kier alpha value is -1.82. The van der Waals surface area contributed by atoms with Crippen molar-refractivity contribution in [3.63, 3.8) is 0 Å². The Balaban J connectivity index is 1.51. The number of allylic oxidation sites excluding steroid dienone is 3. The van der Waals surface area contributed by atoms with E-state index in [0.29, 0.717) is 6.42 Å². The van der Waals surface area contributed by atoms with E-state index >= 15 is 0 Å². The smallest absolute Gasteiger partial charge is 0.215 e. The van der Waals surface area contributed by atoms with Crippen molar-refractivity contribution in [3.8, 4) is 0 Å². The van der Waals surface area contributed by atoms with Crippen molar-refractivity contribution in [3.05, 3.63) is 24.3 Å². The van der Waals surface area contributed by atoms with Gasteiger partial charge in [-0.25, -0.2) is 9.38 Å². The molecule has 3 heterocycles. The van der Waals surface area contributed by atoms with Gasteiger partial charge >= 0.3 is 0 Å². The molecular weight excluding hydrogens is 321 g/mol. The summed E-state index contributed by atoms with van der Waals surface area (Å²) in [7, 11) is 0. The summed E-state index contributed by atoms with van der Waals surface area (Å²) in [6.07, 6.45) is 11.4. The fourth-order valence-electron chi connectivity index (χ4n) is 4.55. The number of ether oxygens (including phenoxy) is 1. The molecule has 6 atom stereocenters. The van der Waals surface area contributed by atoms with Crippen molar-refractivity contribution in [1.82, 2.24) is 5.01 Å². The first-order valence-corrected chi connectivity index (χ1v) is 9.14. The molecule has 2 bridgehead atoms. The molecular formula is C19H24FN3O2. The molecule has 6 heteroatoms. The van der Waals surface area contributed by atoms with E-state index < -0.39 is 6.17 Å². The summed E-state index contributed by atoms with van der Waals surface area (Å²) in [4.78, 5) is 16.7. The number of carbonyl (C=O) groups excluding carboxylic acids is 1. The number of ketones is 1. The van der Waals surface area contributed by atoms with Gasteiger partial charge in [0.05, 0.1) is 30.7 Å². The molecule has 0 spiro atoms. The van der Waals surface area contributed by atoms with E-state index in [0.717, 1.165) is 25.7 Å². The highest BCUT2D eigenvalue weighted by atomic mass is 19.1. The zero-order chi connectivity index (χ0) is 17.4. The maximum absolute atomic E-state index is 14.1. The highest BCUT2D eigenvalue weighted by molar-refractivity contribution is 6.40. The van der Waals surface area contributed by atoms with E-state index in [4.69, 9.17) is 4.74 Å². The molecule has 0 saturated carbocycles. The van der Waals surface area contributed by atoms with Gasteiger partial charge in [0.2, 0.25) is 11.6 Å². The van der Waals surface area contributed by atoms with Crippen LogP contribution in [0.2, 0.25) is 0 Å². The van der Waals surface area contributed by atoms with E-state index in [1.807, 2.05) is 12.2 Å². The third-order valence-corrected chi connectivity index (χ3v) is 5.81. The van der Waals surface area contributed by atoms with Crippen LogP contribution in [0.15, 0.2) is 34.4 Å². The summed E-state index contributed by atoms with van der Waals surface area (Å²) in [6, 6.07) is -0.0444. The van der Waals surface area contributed by atoms with Crippen molar-refractivity contribution in [2.45, 2.75) is 56.5 Å². The second-order valence-electron chi connectivity index (χ2n) is 7.40. The molecule has 0 aromatic carbocycles. The molecule has 5 nitrogen and oxygen atoms in total. The van der Waals surface area contributed by atoms with E-state index in [1.165, 1.54) is 0 Å². The van der Waals surface area contributed by atoms with Gasteiger partial charge in [0, 0.05) is 12.3 Å². The van der Waals surface area contributed by atoms with Gasteiger partial charge in [-0.2, -0.15) is 5.10 Å². The third-order valence-electron chi connectivity index (χ3n) is 5.81. The van der Waals surface area contributed by atoms with Crippen LogP contribution in [-0.2, 0) is 9.53 Å². The lowest BCUT2D eigenvalue weighted by Crippen LogP contribution is -2.35. The van der Waals surface area contributed by atoms with Gasteiger partial charge < -0.3 is 4.74 Å². The summed E-state index contributed by atoms with van der Waals surface area (Å²) in [6.45, 7) is 3.73. The van der Waals surface area contributed by atoms with Crippen LogP contribution in [0.3, 0.4) is 0 Å². The highest BCUT2D eigenvalue weighted by Gasteiger charge is 2.46. The molecule has 3 aliphatic heterocycles. The zero-order valence-corrected chi connectivity index (χ0v) is 14.3. The number of alkyl halides is 1. The van der Waals surface area contributed by atoms with Crippen LogP contribution in [0.25, 0.3) is 0 Å². The lowest BCUT2D eigenvalue weighted by atomic mass is 9.86. The first-order valence-electron chi connectivity index (χ1n) is 9.14. The quantitative estimate of drug-likeness (QED) is 0.581. The van der Waals surface area contributed by atoms with E-state index in [2.05, 4.69) is 29.0 Å². The summed E-state index contributed by atoms with van der Waals surface area (Å²) in [5.74, 6) is 0.0298. The standard InChI is InChI=1S/C19H24FN3O2/c1-21-19(18(24)15-10-14-7-8-17(15)25-14)22-23-11-13(20)9-16(23)12-5-3-2-4-6-12/h2-5,12-17H,1,6-11H2/b22-19-. The fourth-order valence-corrected chi connectivity index (χ4v) is 4.55. The van der Waals surface area contributed by atoms with Crippen LogP contribution in [0.4, 0.5) is 4.39 Å². The van der Waals surface area contributed by atoms with E-state index in [1.54, 1.807) is 5.01 Å². The lowest BCUT2D eigenvalue weighted by Gasteiger charge is -2.28. The largest absolute Gasteiger partial charge is 0.374 e. The number of carbonyl (C=O) groups is 1. The van der Waals surface area contributed by atoms with Crippen LogP contribution in [-0.4, -0.2) is 54.3 Å². The Morgan fingerprint density at radius 1 is 1.28 bits per heavy atom. The van der Waals surface area contributed by atoms with Gasteiger partial charge in [0.15, 0.2) is 0 Å². The minimum atomic E-state index is -0.931. The molecule has 0 aromatic rings. The predicted octanol–water partition coefficient (Wildman–Crippen LogP) is 2.68. The summed E-state index contributed by atoms with van der Waals surface area (Å²) in [5.41, 5.74) is 0. The molecule has 0 amide bonds. The number of fused-ring (bicyclic) bond motifs is 2. The Bertz CT molecular complexity index is 645. The number of nitrogens with zero attached hydrogens (tertiary/aromatic N) is 3. The average molecular weight is 345 g/mol. The van der Waals surface area contributed by atoms with Crippen molar-refractivity contribution < 1.29 is 13.9 Å². The molecule has 6 unspecified atom stereocenters. The Labute approximate surface area is 147 Å². The number of hydrogen-bond acceptors (Lipinski definition) is 4. The number of aliphatic imine (C=N–C) groups is 1. The molecule has 3 fully saturated rings. The Morgan fingerprint density at radius 3 is 2.80 bits per heavy atom. The van der Waals surface area contributed by atoms with Gasteiger partial charge in [-0.3, -0.25) is 9.80 Å². The number of amidine groups is 1. The van der Waals surface area contributed by atoms with Crippen LogP contribution >= 0.6 is 0 Å². The minimum absolute atomic E-state index is 0.0147. The van der Waals surface area contributed by atoms with Gasteiger partial charge in [-0.1, -0.05) is 24.3 Å². The van der Waals surface area contributed by atoms with Crippen molar-refractivity contribution in [1.29, 1.82) is 0 Å². The lowest BCUT2D eigenvalue weighted by molar-refractivity contribution is -0.118. The van der Waals surface area contributed by atoms with E-state index in [9.17, 15) is 9.18 Å². The monoisotopic (exact) mass is 345 g/mol. The maximum Gasteiger partial charge on any atom is 0.215 e. The van der Waals surface area contributed by atoms with Gasteiger partial charge in [0.1, 0.15) is 6.17 Å². The van der Waals surface area contributed by atoms with Crippen LogP contribution in [0, 0.1) is 11.8 Å². The van der Waals surface area contributed by atoms with Crippen molar-refractivity contribution >= 4 is 18.3 Å². The average Bonchev–Trinajstić information content (AvgIpc) is 3.35. The number of hydrazone groups is 1. The normalized spacial score (nSPS) is 40.0. The zero-order valence-electron chi connectivity index (χ0n) is 14.3. The van der Waals surface area contributed by atoms with Gasteiger partial charge in [-0.05, 0) is 32.4 Å². The highest BCUT2D eigenvalue weighted by Crippen LogP contribution is 2.39. The van der Waals surface area contributed by atoms with Crippen molar-refractivity contribution in [2.24, 2.45) is 21.9 Å². The summed E-state index contributed by atoms with van der Waals surface area (Å²) in [5, 5.41) is 6.16. The van der Waals surface area contributed by atoms with Crippen LogP contribution in [0.1, 0.15) is 32.1 Å². The van der Waals surface area contributed by atoms with Gasteiger partial charge in [0.25, 0.3) is 0 Å². The number of halogens is 1. The van der Waals surface area contributed by atoms with E-state index in [-0.39, 0.29) is 48.2 Å². The second kappa shape index (κ2) is 6.83. The molecule has 4 rings (SSSR count). The maximum atomic E-state index is 14.1. The molecule has 3 saturated heterocycles. The Kier molecular flexibility index (Phi) is 4.54. The van der Waals surface area contributed by atoms with Crippen LogP contribution in [0.5, 0.6) is 0 Å². The van der Waals surface area contributed by atoms with Crippen molar-refractivity contribution in [2.75, 3.05) is 6.54 Å². The number of rotatable bonds is 4. The summed E-state index contributed by atoms with van der Waals surface area (Å²) < 4.78 is 19.8. The van der Waals surface area contributed by atoms with Gasteiger partial charge in [-0.15, -0.1) is 0 Å². The SMILES string of the molecule is C=N/C(=N\N1CC(F)CC1C1C=CC=CC1)C(=O)C1CC2CCC1O2. The second-order valence-corrected chi connectivity index (χ2v) is 7.40. The molecule has 25 heavy (non-hydrogen) atoms. The predicted molar refractivity (Wildman–Crippen MR) is 94.4 cm³/mol. The fraction of sp³-hybridized carbons (Fsp3) is 0.632. The molecule has 4 aliphatic rings.